The van der Waals surface area contributed by atoms with Crippen LogP contribution in [0.2, 0.25) is 0 Å². The summed E-state index contributed by atoms with van der Waals surface area (Å²) in [6, 6.07) is 0.493. The van der Waals surface area contributed by atoms with E-state index in [-0.39, 0.29) is 0 Å². The van der Waals surface area contributed by atoms with Gasteiger partial charge >= 0.3 is 0 Å². The first kappa shape index (κ1) is 10.2. The van der Waals surface area contributed by atoms with E-state index in [9.17, 15) is 0 Å². The number of rotatable bonds is 2. The molecular formula is C12H22N2. The molecule has 0 amide bonds. The van der Waals surface area contributed by atoms with Gasteiger partial charge in [-0.25, -0.2) is 0 Å². The first-order valence-corrected chi connectivity index (χ1v) is 5.97. The van der Waals surface area contributed by atoms with Crippen molar-refractivity contribution in [3.63, 3.8) is 0 Å². The summed E-state index contributed by atoms with van der Waals surface area (Å²) in [5.74, 6) is 0.918. The molecule has 80 valence electrons. The fourth-order valence-corrected chi connectivity index (χ4v) is 2.59. The minimum atomic E-state index is 0.493. The summed E-state index contributed by atoms with van der Waals surface area (Å²) in [6.07, 6.45) is 11.0. The topological polar surface area (TPSA) is 29.3 Å². The standard InChI is InChI=1S/C12H22N2/c13-12-6-4-11(5-7-12)10-14-8-2-1-3-9-14/h1-2,11-12H,3-10,13H2. The summed E-state index contributed by atoms with van der Waals surface area (Å²) in [5, 5.41) is 0. The maximum Gasteiger partial charge on any atom is 0.0163 e. The summed E-state index contributed by atoms with van der Waals surface area (Å²) < 4.78 is 0. The first-order valence-electron chi connectivity index (χ1n) is 5.97. The van der Waals surface area contributed by atoms with E-state index in [4.69, 9.17) is 5.73 Å². The van der Waals surface area contributed by atoms with Gasteiger partial charge in [-0.2, -0.15) is 0 Å². The molecule has 2 heteroatoms. The maximum absolute atomic E-state index is 5.91. The van der Waals surface area contributed by atoms with Gasteiger partial charge in [-0.15, -0.1) is 0 Å². The van der Waals surface area contributed by atoms with Crippen LogP contribution in [0.4, 0.5) is 0 Å². The largest absolute Gasteiger partial charge is 0.328 e. The van der Waals surface area contributed by atoms with E-state index >= 15 is 0 Å². The Kier molecular flexibility index (Phi) is 3.60. The van der Waals surface area contributed by atoms with Gasteiger partial charge in [0.25, 0.3) is 0 Å². The monoisotopic (exact) mass is 194 g/mol. The summed E-state index contributed by atoms with van der Waals surface area (Å²) in [5.41, 5.74) is 5.91. The smallest absolute Gasteiger partial charge is 0.0163 e. The Hall–Kier alpha value is -0.340. The van der Waals surface area contributed by atoms with E-state index in [0.29, 0.717) is 6.04 Å². The first-order chi connectivity index (χ1) is 6.84. The quantitative estimate of drug-likeness (QED) is 0.679. The normalized spacial score (nSPS) is 34.6. The van der Waals surface area contributed by atoms with Gasteiger partial charge in [0.05, 0.1) is 0 Å². The van der Waals surface area contributed by atoms with Crippen LogP contribution in [-0.2, 0) is 0 Å². The lowest BCUT2D eigenvalue weighted by Crippen LogP contribution is -2.36. The van der Waals surface area contributed by atoms with Gasteiger partial charge in [-0.05, 0) is 38.0 Å². The number of nitrogens with two attached hydrogens (primary N) is 1. The molecule has 0 spiro atoms. The minimum Gasteiger partial charge on any atom is -0.328 e. The summed E-state index contributed by atoms with van der Waals surface area (Å²) in [7, 11) is 0. The molecule has 2 aliphatic rings. The number of hydrogen-bond acceptors (Lipinski definition) is 2. The van der Waals surface area contributed by atoms with E-state index in [1.165, 1.54) is 51.7 Å². The molecule has 2 N–H and O–H groups in total. The van der Waals surface area contributed by atoms with Crippen LogP contribution in [0, 0.1) is 5.92 Å². The third-order valence-electron chi connectivity index (χ3n) is 3.55. The van der Waals surface area contributed by atoms with Gasteiger partial charge in [0.2, 0.25) is 0 Å². The number of hydrogen-bond donors (Lipinski definition) is 1. The van der Waals surface area contributed by atoms with E-state index < -0.39 is 0 Å². The highest BCUT2D eigenvalue weighted by Crippen LogP contribution is 2.24. The van der Waals surface area contributed by atoms with Crippen molar-refractivity contribution in [3.05, 3.63) is 12.2 Å². The van der Waals surface area contributed by atoms with Crippen molar-refractivity contribution in [3.8, 4) is 0 Å². The molecule has 0 atom stereocenters. The average Bonchev–Trinajstić information content (AvgIpc) is 2.23. The maximum atomic E-state index is 5.91. The van der Waals surface area contributed by atoms with Crippen molar-refractivity contribution in [1.82, 2.24) is 4.90 Å². The van der Waals surface area contributed by atoms with Gasteiger partial charge in [0, 0.05) is 25.7 Å². The van der Waals surface area contributed by atoms with Crippen molar-refractivity contribution in [1.29, 1.82) is 0 Å². The van der Waals surface area contributed by atoms with Crippen molar-refractivity contribution >= 4 is 0 Å². The van der Waals surface area contributed by atoms with Crippen molar-refractivity contribution in [2.24, 2.45) is 11.7 Å². The van der Waals surface area contributed by atoms with Crippen molar-refractivity contribution in [2.75, 3.05) is 19.6 Å². The molecule has 1 aliphatic carbocycles. The fourth-order valence-electron chi connectivity index (χ4n) is 2.59. The molecule has 1 aliphatic heterocycles. The SMILES string of the molecule is NC1CCC(CN2CC=CCC2)CC1. The molecule has 1 saturated carbocycles. The number of nitrogens with zero attached hydrogens (tertiary/aromatic N) is 1. The molecule has 0 aromatic rings. The van der Waals surface area contributed by atoms with Crippen LogP contribution >= 0.6 is 0 Å². The van der Waals surface area contributed by atoms with Gasteiger partial charge < -0.3 is 5.73 Å². The lowest BCUT2D eigenvalue weighted by molar-refractivity contribution is 0.206. The molecule has 2 rings (SSSR count). The van der Waals surface area contributed by atoms with Crippen LogP contribution in [0.25, 0.3) is 0 Å². The zero-order chi connectivity index (χ0) is 9.80. The summed E-state index contributed by atoms with van der Waals surface area (Å²) in [4.78, 5) is 2.58. The molecule has 0 bridgehead atoms. The van der Waals surface area contributed by atoms with E-state index in [1.807, 2.05) is 0 Å². The lowest BCUT2D eigenvalue weighted by Gasteiger charge is -2.32. The summed E-state index contributed by atoms with van der Waals surface area (Å²) >= 11 is 0. The molecule has 0 saturated heterocycles. The Balaban J connectivity index is 1.72. The van der Waals surface area contributed by atoms with Gasteiger partial charge in [0.15, 0.2) is 0 Å². The Morgan fingerprint density at radius 1 is 1.14 bits per heavy atom. The Bertz CT molecular complexity index is 192. The van der Waals surface area contributed by atoms with Crippen molar-refractivity contribution < 1.29 is 0 Å². The third-order valence-corrected chi connectivity index (χ3v) is 3.55. The molecule has 0 aromatic heterocycles. The van der Waals surface area contributed by atoms with Crippen LogP contribution in [0.1, 0.15) is 32.1 Å². The van der Waals surface area contributed by atoms with Crippen LogP contribution in [0.3, 0.4) is 0 Å². The van der Waals surface area contributed by atoms with Crippen LogP contribution in [0.15, 0.2) is 12.2 Å². The summed E-state index contributed by atoms with van der Waals surface area (Å²) in [6.45, 7) is 3.73. The molecule has 1 fully saturated rings. The predicted octanol–water partition coefficient (Wildman–Crippen LogP) is 1.77. The van der Waals surface area contributed by atoms with Crippen LogP contribution < -0.4 is 5.73 Å². The molecule has 2 nitrogen and oxygen atoms in total. The highest BCUT2D eigenvalue weighted by atomic mass is 15.1. The van der Waals surface area contributed by atoms with E-state index in [2.05, 4.69) is 17.1 Å². The lowest BCUT2D eigenvalue weighted by atomic mass is 9.86. The van der Waals surface area contributed by atoms with E-state index in [0.717, 1.165) is 5.92 Å². The Morgan fingerprint density at radius 3 is 2.57 bits per heavy atom. The second kappa shape index (κ2) is 4.94. The van der Waals surface area contributed by atoms with E-state index in [1.54, 1.807) is 0 Å². The van der Waals surface area contributed by atoms with Crippen LogP contribution in [-0.4, -0.2) is 30.6 Å². The highest BCUT2D eigenvalue weighted by molar-refractivity contribution is 4.91. The molecule has 0 aromatic carbocycles. The van der Waals surface area contributed by atoms with Gasteiger partial charge in [-0.3, -0.25) is 4.90 Å². The zero-order valence-corrected chi connectivity index (χ0v) is 8.99. The molecule has 0 radical (unpaired) electrons. The fraction of sp³-hybridized carbons (Fsp3) is 0.833. The Labute approximate surface area is 87.2 Å². The minimum absolute atomic E-state index is 0.493. The second-order valence-electron chi connectivity index (χ2n) is 4.80. The molecular weight excluding hydrogens is 172 g/mol. The molecule has 1 heterocycles. The molecule has 0 unspecified atom stereocenters. The molecule has 14 heavy (non-hydrogen) atoms. The highest BCUT2D eigenvalue weighted by Gasteiger charge is 2.20. The predicted molar refractivity (Wildman–Crippen MR) is 60.1 cm³/mol. The zero-order valence-electron chi connectivity index (χ0n) is 8.99. The third kappa shape index (κ3) is 2.82. The Morgan fingerprint density at radius 2 is 1.93 bits per heavy atom. The van der Waals surface area contributed by atoms with Gasteiger partial charge in [0.1, 0.15) is 0 Å². The average molecular weight is 194 g/mol. The second-order valence-corrected chi connectivity index (χ2v) is 4.80. The van der Waals surface area contributed by atoms with Crippen LogP contribution in [0.5, 0.6) is 0 Å². The van der Waals surface area contributed by atoms with Gasteiger partial charge in [-0.1, -0.05) is 12.2 Å². The van der Waals surface area contributed by atoms with Crippen molar-refractivity contribution in [2.45, 2.75) is 38.1 Å².